The third kappa shape index (κ3) is 4.88. The largest absolute Gasteiger partial charge is 0.387 e. The van der Waals surface area contributed by atoms with Gasteiger partial charge in [0.1, 0.15) is 6.04 Å². The summed E-state index contributed by atoms with van der Waals surface area (Å²) >= 11 is 0. The van der Waals surface area contributed by atoms with Crippen LogP contribution in [0.1, 0.15) is 17.2 Å². The second kappa shape index (κ2) is 8.01. The van der Waals surface area contributed by atoms with Gasteiger partial charge in [0.05, 0.1) is 12.2 Å². The highest BCUT2D eigenvalue weighted by molar-refractivity contribution is 5.50. The summed E-state index contributed by atoms with van der Waals surface area (Å²) in [5.74, 6) is 0. The molecule has 0 aliphatic heterocycles. The van der Waals surface area contributed by atoms with E-state index in [1.54, 1.807) is 6.08 Å². The van der Waals surface area contributed by atoms with E-state index < -0.39 is 12.1 Å². The number of aliphatic hydroxyl groups is 1. The lowest BCUT2D eigenvalue weighted by Gasteiger charge is -2.13. The molecule has 0 saturated carbocycles. The average Bonchev–Trinajstić information content (AvgIpc) is 2.56. The van der Waals surface area contributed by atoms with Crippen molar-refractivity contribution in [3.63, 3.8) is 0 Å². The fourth-order valence-electron chi connectivity index (χ4n) is 1.96. The first-order chi connectivity index (χ1) is 10.3. The maximum Gasteiger partial charge on any atom is 0.114 e. The minimum atomic E-state index is -0.618. The summed E-state index contributed by atoms with van der Waals surface area (Å²) in [6.45, 7) is 0.335. The molecule has 0 aliphatic rings. The lowest BCUT2D eigenvalue weighted by molar-refractivity contribution is 0.174. The van der Waals surface area contributed by atoms with Gasteiger partial charge in [-0.2, -0.15) is 5.26 Å². The van der Waals surface area contributed by atoms with Gasteiger partial charge in [-0.25, -0.2) is 0 Å². The molecule has 0 amide bonds. The van der Waals surface area contributed by atoms with Crippen LogP contribution in [-0.2, 0) is 0 Å². The lowest BCUT2D eigenvalue weighted by atomic mass is 10.1. The van der Waals surface area contributed by atoms with E-state index in [4.69, 9.17) is 5.26 Å². The molecule has 2 rings (SSSR count). The van der Waals surface area contributed by atoms with Gasteiger partial charge in [0.2, 0.25) is 0 Å². The van der Waals surface area contributed by atoms with E-state index in [0.717, 1.165) is 11.1 Å². The Morgan fingerprint density at radius 3 is 2.29 bits per heavy atom. The second-order valence-electron chi connectivity index (χ2n) is 4.71. The van der Waals surface area contributed by atoms with Crippen LogP contribution in [0.25, 0.3) is 6.08 Å². The number of aliphatic hydroxyl groups excluding tert-OH is 1. The Balaban J connectivity index is 1.89. The molecular formula is C18H18N2O. The molecule has 0 spiro atoms. The predicted molar refractivity (Wildman–Crippen MR) is 84.3 cm³/mol. The molecule has 0 bridgehead atoms. The zero-order valence-corrected chi connectivity index (χ0v) is 11.7. The quantitative estimate of drug-likeness (QED) is 0.854. The van der Waals surface area contributed by atoms with Crippen LogP contribution in [0.4, 0.5) is 0 Å². The van der Waals surface area contributed by atoms with Crippen LogP contribution in [0.15, 0.2) is 66.7 Å². The van der Waals surface area contributed by atoms with Crippen molar-refractivity contribution >= 4 is 6.08 Å². The molecule has 3 heteroatoms. The summed E-state index contributed by atoms with van der Waals surface area (Å²) in [5.41, 5.74) is 1.89. The first-order valence-electron chi connectivity index (χ1n) is 6.89. The van der Waals surface area contributed by atoms with E-state index in [1.165, 1.54) is 0 Å². The van der Waals surface area contributed by atoms with Gasteiger partial charge < -0.3 is 5.11 Å². The van der Waals surface area contributed by atoms with Crippen LogP contribution < -0.4 is 5.32 Å². The topological polar surface area (TPSA) is 56.0 Å². The van der Waals surface area contributed by atoms with E-state index >= 15 is 0 Å². The fourth-order valence-corrected chi connectivity index (χ4v) is 1.96. The van der Waals surface area contributed by atoms with E-state index in [2.05, 4.69) is 11.4 Å². The van der Waals surface area contributed by atoms with Crippen molar-refractivity contribution in [2.75, 3.05) is 6.54 Å². The highest BCUT2D eigenvalue weighted by Crippen LogP contribution is 2.11. The molecule has 0 radical (unpaired) electrons. The number of rotatable bonds is 6. The zero-order chi connectivity index (χ0) is 14.9. The first-order valence-corrected chi connectivity index (χ1v) is 6.89. The molecule has 21 heavy (non-hydrogen) atoms. The summed E-state index contributed by atoms with van der Waals surface area (Å²) < 4.78 is 0. The minimum absolute atomic E-state index is 0.335. The SMILES string of the molecule is N#CC(C=Cc1ccccc1)NCC(O)c1ccccc1. The van der Waals surface area contributed by atoms with Crippen LogP contribution in [0.3, 0.4) is 0 Å². The summed E-state index contributed by atoms with van der Waals surface area (Å²) in [6.07, 6.45) is 3.08. The Morgan fingerprint density at radius 1 is 1.05 bits per heavy atom. The van der Waals surface area contributed by atoms with Crippen molar-refractivity contribution in [3.05, 3.63) is 77.9 Å². The minimum Gasteiger partial charge on any atom is -0.387 e. The molecule has 2 atom stereocenters. The Labute approximate surface area is 125 Å². The number of nitriles is 1. The Kier molecular flexibility index (Phi) is 5.71. The Hall–Kier alpha value is -2.41. The molecular weight excluding hydrogens is 260 g/mol. The molecule has 2 aromatic carbocycles. The van der Waals surface area contributed by atoms with E-state index in [0.29, 0.717) is 6.54 Å². The molecule has 106 valence electrons. The molecule has 0 aromatic heterocycles. The summed E-state index contributed by atoms with van der Waals surface area (Å²) in [6, 6.07) is 21.0. The van der Waals surface area contributed by atoms with Gasteiger partial charge in [-0.05, 0) is 11.1 Å². The molecule has 2 aromatic rings. The molecule has 0 saturated heterocycles. The van der Waals surface area contributed by atoms with Gasteiger partial charge in [-0.3, -0.25) is 5.32 Å². The van der Waals surface area contributed by atoms with Crippen molar-refractivity contribution in [2.45, 2.75) is 12.1 Å². The second-order valence-corrected chi connectivity index (χ2v) is 4.71. The van der Waals surface area contributed by atoms with E-state index in [1.807, 2.05) is 66.7 Å². The standard InChI is InChI=1S/C18H18N2O/c19-13-17(12-11-15-7-3-1-4-8-15)20-14-18(21)16-9-5-2-6-10-16/h1-12,17-18,20-21H,14H2. The van der Waals surface area contributed by atoms with E-state index in [9.17, 15) is 5.11 Å². The van der Waals surface area contributed by atoms with Crippen molar-refractivity contribution in [3.8, 4) is 6.07 Å². The van der Waals surface area contributed by atoms with Gasteiger partial charge in [0, 0.05) is 6.54 Å². The van der Waals surface area contributed by atoms with Gasteiger partial charge >= 0.3 is 0 Å². The van der Waals surface area contributed by atoms with Crippen molar-refractivity contribution in [1.82, 2.24) is 5.32 Å². The van der Waals surface area contributed by atoms with E-state index in [-0.39, 0.29) is 0 Å². The van der Waals surface area contributed by atoms with Crippen LogP contribution in [0.5, 0.6) is 0 Å². The maximum absolute atomic E-state index is 10.1. The summed E-state index contributed by atoms with van der Waals surface area (Å²) in [5, 5.41) is 22.2. The van der Waals surface area contributed by atoms with Gasteiger partial charge in [0.25, 0.3) is 0 Å². The third-order valence-corrected chi connectivity index (χ3v) is 3.14. The summed E-state index contributed by atoms with van der Waals surface area (Å²) in [4.78, 5) is 0. The highest BCUT2D eigenvalue weighted by atomic mass is 16.3. The van der Waals surface area contributed by atoms with Crippen LogP contribution >= 0.6 is 0 Å². The Morgan fingerprint density at radius 2 is 1.67 bits per heavy atom. The molecule has 3 nitrogen and oxygen atoms in total. The molecule has 0 aliphatic carbocycles. The number of benzene rings is 2. The van der Waals surface area contributed by atoms with Crippen LogP contribution in [0, 0.1) is 11.3 Å². The Bertz CT molecular complexity index is 602. The van der Waals surface area contributed by atoms with Crippen molar-refractivity contribution in [1.29, 1.82) is 5.26 Å². The molecule has 2 N–H and O–H groups in total. The highest BCUT2D eigenvalue weighted by Gasteiger charge is 2.09. The average molecular weight is 278 g/mol. The number of nitrogens with one attached hydrogen (secondary N) is 1. The van der Waals surface area contributed by atoms with Gasteiger partial charge in [-0.1, -0.05) is 72.8 Å². The van der Waals surface area contributed by atoms with Crippen molar-refractivity contribution < 1.29 is 5.11 Å². The lowest BCUT2D eigenvalue weighted by Crippen LogP contribution is -2.30. The molecule has 0 heterocycles. The first kappa shape index (κ1) is 15.0. The predicted octanol–water partition coefficient (Wildman–Crippen LogP) is 2.92. The normalized spacial score (nSPS) is 13.7. The van der Waals surface area contributed by atoms with Crippen molar-refractivity contribution in [2.24, 2.45) is 0 Å². The smallest absolute Gasteiger partial charge is 0.114 e. The maximum atomic E-state index is 10.1. The zero-order valence-electron chi connectivity index (χ0n) is 11.7. The number of hydrogen-bond acceptors (Lipinski definition) is 3. The third-order valence-electron chi connectivity index (χ3n) is 3.14. The molecule has 0 fully saturated rings. The van der Waals surface area contributed by atoms with Crippen LogP contribution in [-0.4, -0.2) is 17.7 Å². The van der Waals surface area contributed by atoms with Crippen LogP contribution in [0.2, 0.25) is 0 Å². The van der Waals surface area contributed by atoms with Gasteiger partial charge in [-0.15, -0.1) is 0 Å². The monoisotopic (exact) mass is 278 g/mol. The number of hydrogen-bond donors (Lipinski definition) is 2. The fraction of sp³-hybridized carbons (Fsp3) is 0.167. The molecule has 2 unspecified atom stereocenters. The summed E-state index contributed by atoms with van der Waals surface area (Å²) in [7, 11) is 0. The number of nitrogens with zero attached hydrogens (tertiary/aromatic N) is 1. The van der Waals surface area contributed by atoms with Gasteiger partial charge in [0.15, 0.2) is 0 Å².